The molecule has 0 aliphatic rings. The summed E-state index contributed by atoms with van der Waals surface area (Å²) in [7, 11) is -1.80. The summed E-state index contributed by atoms with van der Waals surface area (Å²) in [5.41, 5.74) is 0. The number of rotatable bonds is 3. The molecule has 0 spiro atoms. The van der Waals surface area contributed by atoms with Gasteiger partial charge in [-0.15, -0.1) is 0 Å². The maximum Gasteiger partial charge on any atom is 0.597 e. The third-order valence-corrected chi connectivity index (χ3v) is 2.99. The van der Waals surface area contributed by atoms with Crippen LogP contribution in [0.2, 0.25) is 0 Å². The van der Waals surface area contributed by atoms with Crippen LogP contribution in [0, 0.1) is 0 Å². The normalized spacial score (nSPS) is 10.1. The van der Waals surface area contributed by atoms with E-state index in [0.29, 0.717) is 11.1 Å². The van der Waals surface area contributed by atoms with Gasteiger partial charge in [-0.3, -0.25) is 4.52 Å². The molecule has 1 unspecified atom stereocenters. The first-order valence-electron chi connectivity index (χ1n) is 4.61. The third kappa shape index (κ3) is 3.57. The molecule has 0 fully saturated rings. The second kappa shape index (κ2) is 6.60. The molecule has 1 atom stereocenters. The molecule has 2 aromatic rings. The van der Waals surface area contributed by atoms with Crippen molar-refractivity contribution in [1.29, 1.82) is 0 Å². The molecular formula is C12H10O2PTi+. The summed E-state index contributed by atoms with van der Waals surface area (Å²) >= 11 is 0. The van der Waals surface area contributed by atoms with E-state index in [4.69, 9.17) is 4.52 Å². The minimum absolute atomic E-state index is 0. The van der Waals surface area contributed by atoms with Crippen LogP contribution >= 0.6 is 8.03 Å². The molecule has 16 heavy (non-hydrogen) atoms. The molecule has 2 aromatic carbocycles. The number of hydrogen-bond acceptors (Lipinski definition) is 2. The quantitative estimate of drug-likeness (QED) is 0.629. The first-order chi connectivity index (χ1) is 7.36. The largest absolute Gasteiger partial charge is 0.597 e. The fourth-order valence-corrected chi connectivity index (χ4v) is 2.01. The zero-order chi connectivity index (χ0) is 10.5. The average Bonchev–Trinajstić information content (AvgIpc) is 2.31. The van der Waals surface area contributed by atoms with Crippen LogP contribution in [-0.4, -0.2) is 0 Å². The van der Waals surface area contributed by atoms with Crippen molar-refractivity contribution in [3.63, 3.8) is 0 Å². The van der Waals surface area contributed by atoms with Crippen LogP contribution in [0.25, 0.3) is 0 Å². The van der Waals surface area contributed by atoms with Crippen LogP contribution in [0.15, 0.2) is 60.7 Å². The van der Waals surface area contributed by atoms with Gasteiger partial charge in [0.05, 0.1) is 0 Å². The molecule has 0 aliphatic carbocycles. The van der Waals surface area contributed by atoms with Gasteiger partial charge in [-0.1, -0.05) is 36.4 Å². The Kier molecular flexibility index (Phi) is 5.41. The molecule has 0 aromatic heterocycles. The van der Waals surface area contributed by atoms with Crippen LogP contribution in [0.3, 0.4) is 0 Å². The molecule has 0 N–H and O–H groups in total. The van der Waals surface area contributed by atoms with E-state index < -0.39 is 8.03 Å². The molecule has 2 rings (SSSR count). The van der Waals surface area contributed by atoms with E-state index in [1.807, 2.05) is 36.4 Å². The predicted octanol–water partition coefficient (Wildman–Crippen LogP) is 3.13. The van der Waals surface area contributed by atoms with Crippen LogP contribution in [-0.2, 0) is 26.3 Å². The molecule has 0 aliphatic heterocycles. The van der Waals surface area contributed by atoms with Crippen LogP contribution < -0.4 is 9.83 Å². The molecule has 0 radical (unpaired) electrons. The van der Waals surface area contributed by atoms with E-state index in [2.05, 4.69) is 0 Å². The Balaban J connectivity index is 0.00000128. The standard InChI is InChI=1S/C12H10O2P.Ti/c13-15(12-9-5-2-6-10-12)14-11-7-3-1-4-8-11;/h1-10H;/q+1;. The van der Waals surface area contributed by atoms with Crippen LogP contribution in [0.5, 0.6) is 5.75 Å². The zero-order valence-corrected chi connectivity index (χ0v) is 11.0. The van der Waals surface area contributed by atoms with Crippen molar-refractivity contribution in [3.05, 3.63) is 60.7 Å². The van der Waals surface area contributed by atoms with Gasteiger partial charge >= 0.3 is 8.03 Å². The molecule has 0 bridgehead atoms. The average molecular weight is 265 g/mol. The first kappa shape index (κ1) is 13.1. The van der Waals surface area contributed by atoms with E-state index in [0.717, 1.165) is 0 Å². The van der Waals surface area contributed by atoms with Crippen molar-refractivity contribution < 1.29 is 30.8 Å². The molecular weight excluding hydrogens is 255 g/mol. The summed E-state index contributed by atoms with van der Waals surface area (Å²) in [6.07, 6.45) is 0. The van der Waals surface area contributed by atoms with E-state index >= 15 is 0 Å². The van der Waals surface area contributed by atoms with Crippen molar-refractivity contribution in [1.82, 2.24) is 0 Å². The summed E-state index contributed by atoms with van der Waals surface area (Å²) in [6, 6.07) is 18.3. The Bertz CT molecular complexity index is 445. The van der Waals surface area contributed by atoms with Gasteiger partial charge in [-0.05, 0) is 28.8 Å². The third-order valence-electron chi connectivity index (χ3n) is 1.90. The smallest absolute Gasteiger partial charge is 0.250 e. The van der Waals surface area contributed by atoms with Crippen molar-refractivity contribution >= 4 is 13.3 Å². The van der Waals surface area contributed by atoms with Gasteiger partial charge in [0.25, 0.3) is 0 Å². The van der Waals surface area contributed by atoms with Crippen molar-refractivity contribution in [2.24, 2.45) is 0 Å². The molecule has 2 nitrogen and oxygen atoms in total. The van der Waals surface area contributed by atoms with Gasteiger partial charge < -0.3 is 0 Å². The number of hydrogen-bond donors (Lipinski definition) is 0. The number of para-hydroxylation sites is 1. The molecule has 0 saturated carbocycles. The maximum absolute atomic E-state index is 11.7. The predicted molar refractivity (Wildman–Crippen MR) is 60.8 cm³/mol. The fraction of sp³-hybridized carbons (Fsp3) is 0. The Morgan fingerprint density at radius 2 is 1.31 bits per heavy atom. The van der Waals surface area contributed by atoms with Gasteiger partial charge in [-0.2, -0.15) is 0 Å². The zero-order valence-electron chi connectivity index (χ0n) is 8.54. The SMILES string of the molecule is O=[P+](Oc1ccccc1)c1ccccc1.[Ti]. The summed E-state index contributed by atoms with van der Waals surface area (Å²) in [6.45, 7) is 0. The van der Waals surface area contributed by atoms with E-state index in [9.17, 15) is 4.57 Å². The van der Waals surface area contributed by atoms with Crippen LogP contribution in [0.4, 0.5) is 0 Å². The van der Waals surface area contributed by atoms with E-state index in [1.165, 1.54) is 0 Å². The Hall–Kier alpha value is -0.946. The minimum Gasteiger partial charge on any atom is -0.250 e. The van der Waals surface area contributed by atoms with Crippen molar-refractivity contribution in [2.75, 3.05) is 0 Å². The molecule has 0 heterocycles. The molecule has 0 saturated heterocycles. The van der Waals surface area contributed by atoms with Gasteiger partial charge in [0.2, 0.25) is 5.30 Å². The van der Waals surface area contributed by atoms with Crippen molar-refractivity contribution in [3.8, 4) is 5.75 Å². The molecule has 4 heteroatoms. The van der Waals surface area contributed by atoms with E-state index in [1.54, 1.807) is 24.3 Å². The van der Waals surface area contributed by atoms with Gasteiger partial charge in [0.1, 0.15) is 0 Å². The fourth-order valence-electron chi connectivity index (χ4n) is 1.18. The summed E-state index contributed by atoms with van der Waals surface area (Å²) in [5, 5.41) is 0.705. The van der Waals surface area contributed by atoms with Crippen LogP contribution in [0.1, 0.15) is 0 Å². The Labute approximate surface area is 110 Å². The van der Waals surface area contributed by atoms with Crippen molar-refractivity contribution in [2.45, 2.75) is 0 Å². The topological polar surface area (TPSA) is 26.3 Å². The first-order valence-corrected chi connectivity index (χ1v) is 5.79. The summed E-state index contributed by atoms with van der Waals surface area (Å²) < 4.78 is 17.0. The Morgan fingerprint density at radius 1 is 0.812 bits per heavy atom. The summed E-state index contributed by atoms with van der Waals surface area (Å²) in [4.78, 5) is 0. The molecule has 0 amide bonds. The maximum atomic E-state index is 11.7. The van der Waals surface area contributed by atoms with Gasteiger partial charge in [0.15, 0.2) is 5.75 Å². The van der Waals surface area contributed by atoms with Gasteiger partial charge in [-0.25, -0.2) is 0 Å². The Morgan fingerprint density at radius 3 is 1.88 bits per heavy atom. The second-order valence-electron chi connectivity index (χ2n) is 3.00. The summed E-state index contributed by atoms with van der Waals surface area (Å²) in [5.74, 6) is 0.627. The number of benzene rings is 2. The monoisotopic (exact) mass is 265 g/mol. The van der Waals surface area contributed by atoms with Gasteiger partial charge in [0, 0.05) is 21.7 Å². The minimum atomic E-state index is -1.80. The second-order valence-corrected chi connectivity index (χ2v) is 4.21. The molecule has 78 valence electrons. The van der Waals surface area contributed by atoms with E-state index in [-0.39, 0.29) is 21.7 Å².